The van der Waals surface area contributed by atoms with E-state index in [1.165, 1.54) is 4.68 Å². The van der Waals surface area contributed by atoms with E-state index in [9.17, 15) is 4.79 Å². The molecule has 2 rings (SSSR count). The highest BCUT2D eigenvalue weighted by molar-refractivity contribution is 4.91. The van der Waals surface area contributed by atoms with Crippen LogP contribution in [-0.4, -0.2) is 20.4 Å². The number of nitrogens with zero attached hydrogens (tertiary/aromatic N) is 3. The molecule has 0 amide bonds. The number of rotatable bonds is 0. The Bertz CT molecular complexity index is 365. The highest BCUT2D eigenvalue weighted by Gasteiger charge is 2.17. The Kier molecular flexibility index (Phi) is 1.95. The maximum atomic E-state index is 11.5. The lowest BCUT2D eigenvalue weighted by molar-refractivity contribution is 0.538. The van der Waals surface area contributed by atoms with Crippen LogP contribution in [0.4, 0.5) is 0 Å². The zero-order valence-corrected chi connectivity index (χ0v) is 7.73. The van der Waals surface area contributed by atoms with E-state index in [1.807, 2.05) is 0 Å². The summed E-state index contributed by atoms with van der Waals surface area (Å²) in [5.74, 6) is 0.875. The molecule has 2 heterocycles. The van der Waals surface area contributed by atoms with E-state index in [0.29, 0.717) is 6.54 Å². The summed E-state index contributed by atoms with van der Waals surface area (Å²) in [6.45, 7) is 0.711. The van der Waals surface area contributed by atoms with Crippen LogP contribution in [0.2, 0.25) is 0 Å². The van der Waals surface area contributed by atoms with Crippen LogP contribution < -0.4 is 11.4 Å². The van der Waals surface area contributed by atoms with Gasteiger partial charge in [0.25, 0.3) is 0 Å². The van der Waals surface area contributed by atoms with Crippen molar-refractivity contribution >= 4 is 0 Å². The van der Waals surface area contributed by atoms with E-state index >= 15 is 0 Å². The van der Waals surface area contributed by atoms with E-state index in [4.69, 9.17) is 5.73 Å². The lowest BCUT2D eigenvalue weighted by Gasteiger charge is -2.04. The summed E-state index contributed by atoms with van der Waals surface area (Å²) in [6.07, 6.45) is 2.62. The molecule has 0 fully saturated rings. The molecule has 0 bridgehead atoms. The first-order valence-electron chi connectivity index (χ1n) is 4.57. The van der Waals surface area contributed by atoms with Crippen molar-refractivity contribution in [3.63, 3.8) is 0 Å². The van der Waals surface area contributed by atoms with Gasteiger partial charge < -0.3 is 5.73 Å². The molecule has 72 valence electrons. The number of aromatic nitrogens is 3. The van der Waals surface area contributed by atoms with Gasteiger partial charge in [-0.05, 0) is 12.8 Å². The first-order chi connectivity index (χ1) is 6.18. The van der Waals surface area contributed by atoms with Crippen molar-refractivity contribution in [3.05, 3.63) is 16.3 Å². The van der Waals surface area contributed by atoms with E-state index in [2.05, 4.69) is 5.10 Å². The first kappa shape index (κ1) is 8.50. The third-order valence-corrected chi connectivity index (χ3v) is 2.55. The van der Waals surface area contributed by atoms with Crippen molar-refractivity contribution in [1.82, 2.24) is 14.3 Å². The van der Waals surface area contributed by atoms with Gasteiger partial charge in [-0.25, -0.2) is 9.48 Å². The van der Waals surface area contributed by atoms with Crippen LogP contribution in [0.1, 0.15) is 18.7 Å². The molecular weight excluding hydrogens is 168 g/mol. The Labute approximate surface area is 76.2 Å². The molecule has 1 aromatic rings. The summed E-state index contributed by atoms with van der Waals surface area (Å²) in [7, 11) is 1.68. The molecule has 1 atom stereocenters. The summed E-state index contributed by atoms with van der Waals surface area (Å²) >= 11 is 0. The van der Waals surface area contributed by atoms with Gasteiger partial charge >= 0.3 is 5.69 Å². The molecular formula is C8H14N4O. The molecule has 0 saturated carbocycles. The average molecular weight is 182 g/mol. The third kappa shape index (κ3) is 1.39. The molecule has 0 aliphatic carbocycles. The van der Waals surface area contributed by atoms with E-state index in [-0.39, 0.29) is 11.7 Å². The van der Waals surface area contributed by atoms with Crippen molar-refractivity contribution in [2.24, 2.45) is 12.8 Å². The monoisotopic (exact) mass is 182 g/mol. The smallest absolute Gasteiger partial charge is 0.328 e. The van der Waals surface area contributed by atoms with Crippen molar-refractivity contribution in [2.45, 2.75) is 31.8 Å². The molecule has 5 nitrogen and oxygen atoms in total. The standard InChI is InChI=1S/C8H14N4O/c1-11-8(13)12-5-4-6(9)2-3-7(12)10-11/h6H,2-5,9H2,1H3. The number of nitrogens with two attached hydrogens (primary N) is 1. The van der Waals surface area contributed by atoms with Gasteiger partial charge in [0.15, 0.2) is 0 Å². The van der Waals surface area contributed by atoms with Crippen LogP contribution in [0.3, 0.4) is 0 Å². The Hall–Kier alpha value is -1.10. The van der Waals surface area contributed by atoms with Crippen molar-refractivity contribution in [3.8, 4) is 0 Å². The van der Waals surface area contributed by atoms with Crippen LogP contribution >= 0.6 is 0 Å². The van der Waals surface area contributed by atoms with E-state index in [0.717, 1.165) is 25.1 Å². The van der Waals surface area contributed by atoms with Crippen LogP contribution in [0, 0.1) is 0 Å². The highest BCUT2D eigenvalue weighted by atomic mass is 16.2. The van der Waals surface area contributed by atoms with Gasteiger partial charge in [-0.2, -0.15) is 5.10 Å². The minimum Gasteiger partial charge on any atom is -0.328 e. The van der Waals surface area contributed by atoms with Crippen LogP contribution in [0.15, 0.2) is 4.79 Å². The Morgan fingerprint density at radius 3 is 3.08 bits per heavy atom. The number of aryl methyl sites for hydroxylation is 2. The number of hydrogen-bond donors (Lipinski definition) is 1. The second-order valence-corrected chi connectivity index (χ2v) is 3.56. The normalized spacial score (nSPS) is 22.5. The molecule has 0 spiro atoms. The maximum Gasteiger partial charge on any atom is 0.345 e. The fourth-order valence-electron chi connectivity index (χ4n) is 1.72. The Balaban J connectivity index is 2.40. The van der Waals surface area contributed by atoms with E-state index in [1.54, 1.807) is 11.6 Å². The molecule has 1 aliphatic rings. The van der Waals surface area contributed by atoms with Gasteiger partial charge in [-0.15, -0.1) is 0 Å². The van der Waals surface area contributed by atoms with Gasteiger partial charge in [-0.1, -0.05) is 0 Å². The molecule has 1 unspecified atom stereocenters. The fraction of sp³-hybridized carbons (Fsp3) is 0.750. The van der Waals surface area contributed by atoms with Crippen molar-refractivity contribution in [2.75, 3.05) is 0 Å². The van der Waals surface area contributed by atoms with Gasteiger partial charge in [0.2, 0.25) is 0 Å². The number of fused-ring (bicyclic) bond motifs is 1. The molecule has 0 saturated heterocycles. The van der Waals surface area contributed by atoms with Gasteiger partial charge in [0.1, 0.15) is 5.82 Å². The average Bonchev–Trinajstić information content (AvgIpc) is 2.28. The van der Waals surface area contributed by atoms with Crippen molar-refractivity contribution in [1.29, 1.82) is 0 Å². The summed E-state index contributed by atoms with van der Waals surface area (Å²) in [6, 6.07) is 0.214. The SMILES string of the molecule is Cn1nc2n(c1=O)CCC(N)CC2. The molecule has 0 radical (unpaired) electrons. The second kappa shape index (κ2) is 2.99. The molecule has 13 heavy (non-hydrogen) atoms. The van der Waals surface area contributed by atoms with Crippen LogP contribution in [0.5, 0.6) is 0 Å². The minimum atomic E-state index is -0.0240. The Morgan fingerprint density at radius 1 is 1.54 bits per heavy atom. The van der Waals surface area contributed by atoms with Gasteiger partial charge in [-0.3, -0.25) is 4.57 Å². The third-order valence-electron chi connectivity index (χ3n) is 2.55. The molecule has 1 aromatic heterocycles. The van der Waals surface area contributed by atoms with Crippen molar-refractivity contribution < 1.29 is 0 Å². The summed E-state index contributed by atoms with van der Waals surface area (Å²) < 4.78 is 3.12. The van der Waals surface area contributed by atoms with E-state index < -0.39 is 0 Å². The quantitative estimate of drug-likeness (QED) is 0.574. The Morgan fingerprint density at radius 2 is 2.31 bits per heavy atom. The maximum absolute atomic E-state index is 11.5. The highest BCUT2D eigenvalue weighted by Crippen LogP contribution is 2.09. The predicted molar refractivity (Wildman–Crippen MR) is 48.4 cm³/mol. The zero-order chi connectivity index (χ0) is 9.42. The summed E-state index contributed by atoms with van der Waals surface area (Å²) in [5.41, 5.74) is 5.79. The topological polar surface area (TPSA) is 65.8 Å². The molecule has 0 aromatic carbocycles. The molecule has 2 N–H and O–H groups in total. The summed E-state index contributed by atoms with van der Waals surface area (Å²) in [4.78, 5) is 11.5. The van der Waals surface area contributed by atoms with Crippen LogP contribution in [-0.2, 0) is 20.0 Å². The first-order valence-corrected chi connectivity index (χ1v) is 4.57. The molecule has 5 heteroatoms. The molecule has 1 aliphatic heterocycles. The predicted octanol–water partition coefficient (Wildman–Crippen LogP) is -0.755. The second-order valence-electron chi connectivity index (χ2n) is 3.56. The number of hydrogen-bond acceptors (Lipinski definition) is 3. The lowest BCUT2D eigenvalue weighted by atomic mass is 10.1. The van der Waals surface area contributed by atoms with Gasteiger partial charge in [0.05, 0.1) is 0 Å². The fourth-order valence-corrected chi connectivity index (χ4v) is 1.72. The largest absolute Gasteiger partial charge is 0.345 e. The zero-order valence-electron chi connectivity index (χ0n) is 7.73. The van der Waals surface area contributed by atoms with Crippen LogP contribution in [0.25, 0.3) is 0 Å². The minimum absolute atomic E-state index is 0.0240. The summed E-state index contributed by atoms with van der Waals surface area (Å²) in [5, 5.41) is 4.16. The lowest BCUT2D eigenvalue weighted by Crippen LogP contribution is -2.25. The van der Waals surface area contributed by atoms with Gasteiger partial charge in [0, 0.05) is 26.1 Å².